The average Bonchev–Trinajstić information content (AvgIpc) is 2.50. The van der Waals surface area contributed by atoms with Gasteiger partial charge in [0, 0.05) is 6.42 Å². The zero-order valence-corrected chi connectivity index (χ0v) is 14.8. The summed E-state index contributed by atoms with van der Waals surface area (Å²) in [6, 6.07) is 0. The molecule has 0 saturated carbocycles. The molecule has 0 spiro atoms. The topological polar surface area (TPSA) is 72.9 Å². The Labute approximate surface area is 139 Å². The van der Waals surface area contributed by atoms with E-state index in [1.807, 2.05) is 0 Å². The van der Waals surface area contributed by atoms with Crippen molar-refractivity contribution < 1.29 is 23.9 Å². The van der Waals surface area contributed by atoms with Gasteiger partial charge in [-0.15, -0.1) is 0 Å². The minimum Gasteiger partial charge on any atom is -0.465 e. The van der Waals surface area contributed by atoms with Crippen LogP contribution < -0.4 is 0 Å². The smallest absolute Gasteiger partial charge is 0.325 e. The maximum absolute atomic E-state index is 12.2. The molecule has 0 saturated heterocycles. The molecule has 0 fully saturated rings. The Kier molecular flexibility index (Phi) is 13.1. The van der Waals surface area contributed by atoms with Crippen LogP contribution in [0.2, 0.25) is 0 Å². The van der Waals surface area contributed by atoms with Gasteiger partial charge in [0.05, 0.1) is 13.2 Å². The van der Waals surface area contributed by atoms with E-state index in [4.69, 9.17) is 9.47 Å². The Balaban J connectivity index is 4.31. The molecule has 0 rings (SSSR count). The summed E-state index contributed by atoms with van der Waals surface area (Å²) in [6.07, 6.45) is 6.78. The molecule has 0 heterocycles. The second-order valence-electron chi connectivity index (χ2n) is 5.38. The van der Waals surface area contributed by atoms with Crippen LogP contribution in [0.15, 0.2) is 0 Å². The third-order valence-corrected chi connectivity index (χ3v) is 3.35. The Morgan fingerprint density at radius 3 is 1.70 bits per heavy atom. The third-order valence-electron chi connectivity index (χ3n) is 3.35. The van der Waals surface area contributed by atoms with E-state index in [1.165, 1.54) is 24.2 Å². The quantitative estimate of drug-likeness (QED) is 0.384. The maximum Gasteiger partial charge on any atom is 0.325 e. The van der Waals surface area contributed by atoms with Crippen molar-refractivity contribution in [2.75, 3.05) is 26.3 Å². The molecule has 0 unspecified atom stereocenters. The minimum atomic E-state index is -0.506. The zero-order valence-electron chi connectivity index (χ0n) is 14.8. The molecule has 0 N–H and O–H groups in total. The van der Waals surface area contributed by atoms with Gasteiger partial charge >= 0.3 is 11.9 Å². The van der Waals surface area contributed by atoms with Gasteiger partial charge in [0.25, 0.3) is 0 Å². The van der Waals surface area contributed by atoms with E-state index in [9.17, 15) is 14.4 Å². The molecule has 0 aromatic heterocycles. The lowest BCUT2D eigenvalue weighted by atomic mass is 10.1. The highest BCUT2D eigenvalue weighted by molar-refractivity contribution is 5.86. The summed E-state index contributed by atoms with van der Waals surface area (Å²) in [5, 5.41) is 0. The second kappa shape index (κ2) is 14.0. The van der Waals surface area contributed by atoms with Crippen molar-refractivity contribution in [2.45, 2.75) is 65.7 Å². The van der Waals surface area contributed by atoms with Gasteiger partial charge in [-0.25, -0.2) is 0 Å². The molecule has 0 aliphatic rings. The first-order valence-electron chi connectivity index (χ1n) is 8.64. The number of rotatable bonds is 13. The van der Waals surface area contributed by atoms with Gasteiger partial charge in [0.2, 0.25) is 5.91 Å². The van der Waals surface area contributed by atoms with Crippen LogP contribution in [0.25, 0.3) is 0 Å². The van der Waals surface area contributed by atoms with Crippen LogP contribution in [-0.2, 0) is 23.9 Å². The highest BCUT2D eigenvalue weighted by Gasteiger charge is 2.21. The number of unbranched alkanes of at least 4 members (excludes halogenated alkanes) is 5. The third kappa shape index (κ3) is 11.6. The lowest BCUT2D eigenvalue weighted by Crippen LogP contribution is -2.40. The van der Waals surface area contributed by atoms with Crippen LogP contribution in [0.5, 0.6) is 0 Å². The maximum atomic E-state index is 12.2. The molecule has 0 radical (unpaired) electrons. The van der Waals surface area contributed by atoms with Crippen molar-refractivity contribution in [3.63, 3.8) is 0 Å². The van der Waals surface area contributed by atoms with E-state index in [-0.39, 0.29) is 32.2 Å². The molecule has 0 atom stereocenters. The van der Waals surface area contributed by atoms with Crippen molar-refractivity contribution in [1.82, 2.24) is 4.90 Å². The molecule has 134 valence electrons. The fraction of sp³-hybridized carbons (Fsp3) is 0.824. The molecule has 0 aromatic carbocycles. The lowest BCUT2D eigenvalue weighted by molar-refractivity contribution is -0.154. The molecule has 0 bridgehead atoms. The second-order valence-corrected chi connectivity index (χ2v) is 5.38. The molecule has 6 nitrogen and oxygen atoms in total. The molecule has 6 heteroatoms. The molecule has 0 aromatic rings. The highest BCUT2D eigenvalue weighted by atomic mass is 16.5. The van der Waals surface area contributed by atoms with Gasteiger partial charge in [-0.05, 0) is 20.3 Å². The summed E-state index contributed by atoms with van der Waals surface area (Å²) in [5.41, 5.74) is 0. The lowest BCUT2D eigenvalue weighted by Gasteiger charge is -2.20. The summed E-state index contributed by atoms with van der Waals surface area (Å²) in [5.74, 6) is -1.22. The SMILES string of the molecule is CCCCCCCCC(=O)N(CC(=O)OCC)CC(=O)OCC. The summed E-state index contributed by atoms with van der Waals surface area (Å²) >= 11 is 0. The molecule has 0 aliphatic heterocycles. The number of ether oxygens (including phenoxy) is 2. The van der Waals surface area contributed by atoms with Gasteiger partial charge in [-0.2, -0.15) is 0 Å². The summed E-state index contributed by atoms with van der Waals surface area (Å²) in [4.78, 5) is 36.6. The number of amides is 1. The standard InChI is InChI=1S/C17H31NO5/c1-4-7-8-9-10-11-12-15(19)18(13-16(20)22-5-2)14-17(21)23-6-3/h4-14H2,1-3H3. The predicted octanol–water partition coefficient (Wildman–Crippen LogP) is 2.69. The fourth-order valence-corrected chi connectivity index (χ4v) is 2.17. The average molecular weight is 329 g/mol. The minimum absolute atomic E-state index is 0.207. The van der Waals surface area contributed by atoms with Gasteiger partial charge in [0.15, 0.2) is 0 Å². The molecular weight excluding hydrogens is 298 g/mol. The number of carbonyl (C=O) groups excluding carboxylic acids is 3. The van der Waals surface area contributed by atoms with Crippen LogP contribution in [0, 0.1) is 0 Å². The number of nitrogens with zero attached hydrogens (tertiary/aromatic N) is 1. The van der Waals surface area contributed by atoms with Gasteiger partial charge in [0.1, 0.15) is 13.1 Å². The fourth-order valence-electron chi connectivity index (χ4n) is 2.17. The first-order valence-corrected chi connectivity index (χ1v) is 8.64. The monoisotopic (exact) mass is 329 g/mol. The van der Waals surface area contributed by atoms with E-state index in [1.54, 1.807) is 13.8 Å². The van der Waals surface area contributed by atoms with Crippen LogP contribution >= 0.6 is 0 Å². The van der Waals surface area contributed by atoms with Crippen molar-refractivity contribution in [3.8, 4) is 0 Å². The Bertz CT molecular complexity index is 337. The van der Waals surface area contributed by atoms with Crippen LogP contribution in [-0.4, -0.2) is 49.0 Å². The van der Waals surface area contributed by atoms with E-state index in [0.29, 0.717) is 6.42 Å². The Hall–Kier alpha value is -1.59. The van der Waals surface area contributed by atoms with Crippen LogP contribution in [0.4, 0.5) is 0 Å². The van der Waals surface area contributed by atoms with E-state index in [0.717, 1.165) is 19.3 Å². The van der Waals surface area contributed by atoms with Crippen molar-refractivity contribution in [1.29, 1.82) is 0 Å². The molecular formula is C17H31NO5. The van der Waals surface area contributed by atoms with Crippen molar-refractivity contribution in [2.24, 2.45) is 0 Å². The molecule has 0 aliphatic carbocycles. The van der Waals surface area contributed by atoms with Gasteiger partial charge < -0.3 is 14.4 Å². The summed E-state index contributed by atoms with van der Waals surface area (Å²) < 4.78 is 9.70. The molecule has 23 heavy (non-hydrogen) atoms. The van der Waals surface area contributed by atoms with E-state index >= 15 is 0 Å². The van der Waals surface area contributed by atoms with Crippen molar-refractivity contribution >= 4 is 17.8 Å². The zero-order chi connectivity index (χ0) is 17.5. The number of carbonyl (C=O) groups is 3. The summed E-state index contributed by atoms with van der Waals surface area (Å²) in [7, 11) is 0. The normalized spacial score (nSPS) is 10.2. The number of esters is 2. The number of hydrogen-bond acceptors (Lipinski definition) is 5. The first-order chi connectivity index (χ1) is 11.0. The number of hydrogen-bond donors (Lipinski definition) is 0. The van der Waals surface area contributed by atoms with Crippen LogP contribution in [0.1, 0.15) is 65.7 Å². The predicted molar refractivity (Wildman–Crippen MR) is 87.8 cm³/mol. The van der Waals surface area contributed by atoms with Crippen molar-refractivity contribution in [3.05, 3.63) is 0 Å². The van der Waals surface area contributed by atoms with Gasteiger partial charge in [-0.1, -0.05) is 39.0 Å². The highest BCUT2D eigenvalue weighted by Crippen LogP contribution is 2.08. The van der Waals surface area contributed by atoms with E-state index < -0.39 is 11.9 Å². The Morgan fingerprint density at radius 2 is 1.22 bits per heavy atom. The summed E-state index contributed by atoms with van der Waals surface area (Å²) in [6.45, 7) is 5.64. The molecule has 1 amide bonds. The largest absolute Gasteiger partial charge is 0.465 e. The van der Waals surface area contributed by atoms with Gasteiger partial charge in [-0.3, -0.25) is 14.4 Å². The Morgan fingerprint density at radius 1 is 0.739 bits per heavy atom. The van der Waals surface area contributed by atoms with Crippen LogP contribution in [0.3, 0.4) is 0 Å². The van der Waals surface area contributed by atoms with E-state index in [2.05, 4.69) is 6.92 Å². The first kappa shape index (κ1) is 21.4.